The van der Waals surface area contributed by atoms with E-state index in [9.17, 15) is 19.5 Å². The van der Waals surface area contributed by atoms with Crippen LogP contribution in [0, 0.1) is 11.8 Å². The molecule has 9 nitrogen and oxygen atoms in total. The van der Waals surface area contributed by atoms with Crippen LogP contribution in [0.5, 0.6) is 0 Å². The van der Waals surface area contributed by atoms with Gasteiger partial charge in [0.25, 0.3) is 0 Å². The van der Waals surface area contributed by atoms with E-state index in [1.165, 1.54) is 11.3 Å². The first-order valence-electron chi connectivity index (χ1n) is 10.6. The van der Waals surface area contributed by atoms with E-state index in [1.807, 2.05) is 0 Å². The third kappa shape index (κ3) is 4.28. The minimum absolute atomic E-state index is 0.0428. The molecule has 1 saturated heterocycles. The van der Waals surface area contributed by atoms with Gasteiger partial charge in [-0.15, -0.1) is 10.2 Å². The van der Waals surface area contributed by atoms with Gasteiger partial charge in [0.1, 0.15) is 18.2 Å². The maximum absolute atomic E-state index is 12.0. The minimum Gasteiger partial charge on any atom is -0.481 e. The highest BCUT2D eigenvalue weighted by atomic mass is 16.4. The molecule has 29 heavy (non-hydrogen) atoms. The molecule has 9 heteroatoms. The lowest BCUT2D eigenvalue weighted by atomic mass is 9.71. The Balaban J connectivity index is 1.55. The Morgan fingerprint density at radius 2 is 1.97 bits per heavy atom. The van der Waals surface area contributed by atoms with Gasteiger partial charge >= 0.3 is 12.0 Å². The van der Waals surface area contributed by atoms with Crippen molar-refractivity contribution in [2.45, 2.75) is 70.3 Å². The standard InChI is InChI=1S/C20H29N5O4/c1-11(2)5-12-6-13(7-12)18-22-23-19(25(18)15-3-4-15)14(8-17(27)28)9-24-10-16(26)21-20(24)29/h11-15H,3-10H2,1-2H3,(H,27,28)(H,21,26,29)/t12-,13+,14-/m1/s1. The molecule has 2 saturated carbocycles. The second kappa shape index (κ2) is 7.76. The Morgan fingerprint density at radius 3 is 2.52 bits per heavy atom. The van der Waals surface area contributed by atoms with Crippen molar-refractivity contribution in [3.63, 3.8) is 0 Å². The monoisotopic (exact) mass is 403 g/mol. The van der Waals surface area contributed by atoms with E-state index in [0.29, 0.717) is 23.7 Å². The third-order valence-electron chi connectivity index (χ3n) is 6.16. The van der Waals surface area contributed by atoms with Crippen LogP contribution < -0.4 is 5.32 Å². The zero-order chi connectivity index (χ0) is 20.7. The van der Waals surface area contributed by atoms with Gasteiger partial charge < -0.3 is 14.6 Å². The third-order valence-corrected chi connectivity index (χ3v) is 6.16. The first kappa shape index (κ1) is 19.8. The van der Waals surface area contributed by atoms with E-state index in [-0.39, 0.29) is 25.4 Å². The molecule has 1 aromatic rings. The number of carboxylic acids is 1. The topological polar surface area (TPSA) is 117 Å². The number of imide groups is 1. The molecule has 4 rings (SSSR count). The van der Waals surface area contributed by atoms with E-state index in [0.717, 1.165) is 37.4 Å². The van der Waals surface area contributed by atoms with Crippen LogP contribution in [0.25, 0.3) is 0 Å². The summed E-state index contributed by atoms with van der Waals surface area (Å²) in [4.78, 5) is 36.4. The smallest absolute Gasteiger partial charge is 0.324 e. The fourth-order valence-corrected chi connectivity index (χ4v) is 4.73. The van der Waals surface area contributed by atoms with E-state index >= 15 is 0 Å². The number of hydrogen-bond acceptors (Lipinski definition) is 5. The number of hydrogen-bond donors (Lipinski definition) is 2. The number of amides is 3. The first-order chi connectivity index (χ1) is 13.8. The predicted octanol–water partition coefficient (Wildman–Crippen LogP) is 2.26. The van der Waals surface area contributed by atoms with Gasteiger partial charge in [-0.25, -0.2) is 4.79 Å². The van der Waals surface area contributed by atoms with E-state index in [4.69, 9.17) is 0 Å². The highest BCUT2D eigenvalue weighted by Crippen LogP contribution is 2.47. The number of nitrogens with zero attached hydrogens (tertiary/aromatic N) is 4. The maximum atomic E-state index is 12.0. The number of aromatic nitrogens is 3. The van der Waals surface area contributed by atoms with Crippen molar-refractivity contribution in [2.24, 2.45) is 11.8 Å². The number of carbonyl (C=O) groups excluding carboxylic acids is 2. The number of nitrogens with one attached hydrogen (secondary N) is 1. The van der Waals surface area contributed by atoms with Gasteiger partial charge in [-0.2, -0.15) is 0 Å². The molecule has 2 heterocycles. The second-order valence-electron chi connectivity index (χ2n) is 9.21. The molecule has 1 aliphatic heterocycles. The summed E-state index contributed by atoms with van der Waals surface area (Å²) in [6.45, 7) is 4.59. The maximum Gasteiger partial charge on any atom is 0.324 e. The fraction of sp³-hybridized carbons (Fsp3) is 0.750. The molecule has 3 aliphatic rings. The quantitative estimate of drug-likeness (QED) is 0.611. The molecule has 2 N–H and O–H groups in total. The molecule has 0 spiro atoms. The van der Waals surface area contributed by atoms with Gasteiger partial charge in [0.15, 0.2) is 0 Å². The summed E-state index contributed by atoms with van der Waals surface area (Å²) in [5.74, 6) is 1.60. The van der Waals surface area contributed by atoms with Crippen LogP contribution in [-0.2, 0) is 9.59 Å². The zero-order valence-electron chi connectivity index (χ0n) is 17.0. The van der Waals surface area contributed by atoms with E-state index in [1.54, 1.807) is 0 Å². The van der Waals surface area contributed by atoms with Crippen molar-refractivity contribution in [2.75, 3.05) is 13.1 Å². The molecule has 3 fully saturated rings. The fourth-order valence-electron chi connectivity index (χ4n) is 4.73. The zero-order valence-corrected chi connectivity index (χ0v) is 17.0. The van der Waals surface area contributed by atoms with Crippen LogP contribution in [0.15, 0.2) is 0 Å². The lowest BCUT2D eigenvalue weighted by Gasteiger charge is -2.36. The highest BCUT2D eigenvalue weighted by Gasteiger charge is 2.40. The SMILES string of the molecule is CC(C)C[C@H]1C[C@@H](c2nnc([C@H](CC(=O)O)CN3CC(=O)NC3=O)n2C2CC2)C1. The van der Waals surface area contributed by atoms with Gasteiger partial charge in [0.2, 0.25) is 5.91 Å². The first-order valence-corrected chi connectivity index (χ1v) is 10.6. The van der Waals surface area contributed by atoms with Crippen LogP contribution in [0.2, 0.25) is 0 Å². The van der Waals surface area contributed by atoms with Gasteiger partial charge in [-0.05, 0) is 43.9 Å². The van der Waals surface area contributed by atoms with Crippen LogP contribution in [0.3, 0.4) is 0 Å². The second-order valence-corrected chi connectivity index (χ2v) is 9.21. The van der Waals surface area contributed by atoms with Crippen molar-refractivity contribution in [1.29, 1.82) is 0 Å². The number of urea groups is 1. The Bertz CT molecular complexity index is 810. The van der Waals surface area contributed by atoms with Crippen LogP contribution in [-0.4, -0.2) is 55.8 Å². The number of aliphatic carboxylic acids is 1. The average Bonchev–Trinajstić information content (AvgIpc) is 3.26. The lowest BCUT2D eigenvalue weighted by Crippen LogP contribution is -2.34. The van der Waals surface area contributed by atoms with Gasteiger partial charge in [-0.3, -0.25) is 14.9 Å². The van der Waals surface area contributed by atoms with Crippen molar-refractivity contribution in [3.05, 3.63) is 11.6 Å². The molecule has 2 aliphatic carbocycles. The number of rotatable bonds is 9. The lowest BCUT2D eigenvalue weighted by molar-refractivity contribution is -0.137. The molecular formula is C20H29N5O4. The average molecular weight is 403 g/mol. The molecule has 1 atom stereocenters. The van der Waals surface area contributed by atoms with Crippen LogP contribution in [0.4, 0.5) is 4.79 Å². The van der Waals surface area contributed by atoms with Crippen molar-refractivity contribution in [3.8, 4) is 0 Å². The highest BCUT2D eigenvalue weighted by molar-refractivity contribution is 6.01. The number of carboxylic acid groups (broad SMARTS) is 1. The Morgan fingerprint density at radius 1 is 1.24 bits per heavy atom. The van der Waals surface area contributed by atoms with Crippen LogP contribution >= 0.6 is 0 Å². The summed E-state index contributed by atoms with van der Waals surface area (Å²) in [5, 5.41) is 20.6. The summed E-state index contributed by atoms with van der Waals surface area (Å²) in [6.07, 6.45) is 5.38. The van der Waals surface area contributed by atoms with Crippen LogP contribution in [0.1, 0.15) is 81.9 Å². The van der Waals surface area contributed by atoms with Crippen molar-refractivity contribution >= 4 is 17.9 Å². The van der Waals surface area contributed by atoms with Gasteiger partial charge in [0.05, 0.1) is 6.42 Å². The Kier molecular flexibility index (Phi) is 5.31. The van der Waals surface area contributed by atoms with E-state index in [2.05, 4.69) is 33.9 Å². The van der Waals surface area contributed by atoms with E-state index < -0.39 is 17.9 Å². The molecule has 3 amide bonds. The normalized spacial score (nSPS) is 25.3. The van der Waals surface area contributed by atoms with Crippen molar-refractivity contribution in [1.82, 2.24) is 25.0 Å². The largest absolute Gasteiger partial charge is 0.481 e. The molecule has 0 radical (unpaired) electrons. The molecule has 1 aromatic heterocycles. The van der Waals surface area contributed by atoms with Gasteiger partial charge in [-0.1, -0.05) is 13.8 Å². The Labute approximate surface area is 169 Å². The molecule has 158 valence electrons. The Hall–Kier alpha value is -2.45. The molecule has 0 aromatic carbocycles. The van der Waals surface area contributed by atoms with Gasteiger partial charge in [0, 0.05) is 24.4 Å². The summed E-state index contributed by atoms with van der Waals surface area (Å²) < 4.78 is 2.15. The summed E-state index contributed by atoms with van der Waals surface area (Å²) in [7, 11) is 0. The summed E-state index contributed by atoms with van der Waals surface area (Å²) in [5.41, 5.74) is 0. The summed E-state index contributed by atoms with van der Waals surface area (Å²) >= 11 is 0. The van der Waals surface area contributed by atoms with Crippen molar-refractivity contribution < 1.29 is 19.5 Å². The summed E-state index contributed by atoms with van der Waals surface area (Å²) in [6, 6.07) is -0.150. The number of carbonyl (C=O) groups is 3. The molecule has 0 unspecified atom stereocenters. The molecule has 0 bridgehead atoms. The minimum atomic E-state index is -0.950. The predicted molar refractivity (Wildman–Crippen MR) is 103 cm³/mol. The molecular weight excluding hydrogens is 374 g/mol.